The van der Waals surface area contributed by atoms with E-state index < -0.39 is 4.92 Å². The fourth-order valence-electron chi connectivity index (χ4n) is 1.51. The fraction of sp³-hybridized carbons (Fsp3) is 0.600. The van der Waals surface area contributed by atoms with Gasteiger partial charge in [-0.25, -0.2) is 4.98 Å². The molecule has 1 saturated heterocycles. The van der Waals surface area contributed by atoms with Gasteiger partial charge >= 0.3 is 5.69 Å². The summed E-state index contributed by atoms with van der Waals surface area (Å²) < 4.78 is 10.4. The van der Waals surface area contributed by atoms with E-state index in [1.54, 1.807) is 6.92 Å². The molecule has 1 aliphatic heterocycles. The average molecular weight is 254 g/mol. The van der Waals surface area contributed by atoms with Crippen LogP contribution in [0.3, 0.4) is 0 Å². The van der Waals surface area contributed by atoms with Crippen molar-refractivity contribution in [2.24, 2.45) is 0 Å². The summed E-state index contributed by atoms with van der Waals surface area (Å²) in [6.45, 7) is 4.93. The number of nitro groups is 1. The first kappa shape index (κ1) is 12.5. The van der Waals surface area contributed by atoms with Gasteiger partial charge in [0.2, 0.25) is 5.95 Å². The minimum atomic E-state index is -0.528. The van der Waals surface area contributed by atoms with E-state index in [0.717, 1.165) is 0 Å². The Labute approximate surface area is 103 Å². The molecule has 0 aliphatic carbocycles. The molecule has 0 bridgehead atoms. The molecule has 0 spiro atoms. The third kappa shape index (κ3) is 2.48. The van der Waals surface area contributed by atoms with E-state index in [4.69, 9.17) is 9.47 Å². The van der Waals surface area contributed by atoms with Crippen LogP contribution in [-0.4, -0.2) is 40.8 Å². The maximum atomic E-state index is 11.0. The Bertz CT molecular complexity index is 461. The van der Waals surface area contributed by atoms with Gasteiger partial charge in [0.1, 0.15) is 11.8 Å². The highest BCUT2D eigenvalue weighted by molar-refractivity contribution is 5.48. The first-order valence-electron chi connectivity index (χ1n) is 5.63. The van der Waals surface area contributed by atoms with Crippen LogP contribution in [-0.2, 0) is 4.74 Å². The maximum absolute atomic E-state index is 11.0. The molecule has 1 fully saturated rings. The molecule has 2 heterocycles. The van der Waals surface area contributed by atoms with Crippen molar-refractivity contribution in [2.45, 2.75) is 20.0 Å². The van der Waals surface area contributed by atoms with Crippen molar-refractivity contribution >= 4 is 11.6 Å². The van der Waals surface area contributed by atoms with Crippen LogP contribution in [0.15, 0.2) is 0 Å². The third-order valence-corrected chi connectivity index (χ3v) is 2.43. The molecule has 0 saturated carbocycles. The van der Waals surface area contributed by atoms with Crippen LogP contribution in [0.5, 0.6) is 5.88 Å². The smallest absolute Gasteiger partial charge is 0.352 e. The highest BCUT2D eigenvalue weighted by Crippen LogP contribution is 2.30. The first-order valence-corrected chi connectivity index (χ1v) is 5.63. The van der Waals surface area contributed by atoms with E-state index >= 15 is 0 Å². The molecule has 1 aromatic heterocycles. The summed E-state index contributed by atoms with van der Waals surface area (Å²) >= 11 is 0. The van der Waals surface area contributed by atoms with Crippen LogP contribution in [0.2, 0.25) is 0 Å². The normalized spacial score (nSPS) is 15.0. The van der Waals surface area contributed by atoms with Crippen molar-refractivity contribution in [1.82, 2.24) is 9.97 Å². The summed E-state index contributed by atoms with van der Waals surface area (Å²) in [4.78, 5) is 18.5. The van der Waals surface area contributed by atoms with Crippen LogP contribution in [0.1, 0.15) is 12.6 Å². The quantitative estimate of drug-likeness (QED) is 0.615. The second-order valence-electron chi connectivity index (χ2n) is 3.85. The molecule has 0 atom stereocenters. The number of hydrogen-bond donors (Lipinski definition) is 1. The van der Waals surface area contributed by atoms with Gasteiger partial charge in [-0.2, -0.15) is 4.98 Å². The van der Waals surface area contributed by atoms with Gasteiger partial charge in [-0.3, -0.25) is 10.1 Å². The lowest BCUT2D eigenvalue weighted by Crippen LogP contribution is -2.39. The van der Waals surface area contributed by atoms with Crippen LogP contribution in [0.25, 0.3) is 0 Å². The summed E-state index contributed by atoms with van der Waals surface area (Å²) in [5, 5.41) is 13.9. The largest absolute Gasteiger partial charge is 0.464 e. The molecule has 8 heteroatoms. The zero-order chi connectivity index (χ0) is 13.1. The van der Waals surface area contributed by atoms with Crippen LogP contribution >= 0.6 is 0 Å². The molecular formula is C10H14N4O4. The van der Waals surface area contributed by atoms with Gasteiger partial charge < -0.3 is 14.8 Å². The van der Waals surface area contributed by atoms with Gasteiger partial charge in [0.05, 0.1) is 18.1 Å². The minimum Gasteiger partial charge on any atom is -0.464 e. The topological polar surface area (TPSA) is 99.4 Å². The Balaban J connectivity index is 2.33. The molecule has 0 unspecified atom stereocenters. The summed E-state index contributed by atoms with van der Waals surface area (Å²) in [6, 6.07) is 0. The van der Waals surface area contributed by atoms with Crippen molar-refractivity contribution in [3.05, 3.63) is 15.8 Å². The average Bonchev–Trinajstić information content (AvgIpc) is 2.22. The number of ether oxygens (including phenoxy) is 2. The predicted molar refractivity (Wildman–Crippen MR) is 62.8 cm³/mol. The summed E-state index contributed by atoms with van der Waals surface area (Å²) in [5.74, 6) is 0.326. The van der Waals surface area contributed by atoms with E-state index in [0.29, 0.717) is 25.7 Å². The predicted octanol–water partition coefficient (Wildman–Crippen LogP) is 0.903. The highest BCUT2D eigenvalue weighted by Gasteiger charge is 2.29. The van der Waals surface area contributed by atoms with Gasteiger partial charge in [-0.1, -0.05) is 0 Å². The number of anilines is 1. The molecule has 18 heavy (non-hydrogen) atoms. The molecule has 8 nitrogen and oxygen atoms in total. The van der Waals surface area contributed by atoms with E-state index in [1.807, 2.05) is 6.92 Å². The van der Waals surface area contributed by atoms with Crippen molar-refractivity contribution in [2.75, 3.05) is 25.1 Å². The van der Waals surface area contributed by atoms with Gasteiger partial charge in [0, 0.05) is 6.54 Å². The molecule has 1 aliphatic rings. The first-order chi connectivity index (χ1) is 8.61. The van der Waals surface area contributed by atoms with E-state index in [2.05, 4.69) is 15.3 Å². The van der Waals surface area contributed by atoms with Gasteiger partial charge in [-0.15, -0.1) is 0 Å². The van der Waals surface area contributed by atoms with Crippen LogP contribution in [0.4, 0.5) is 11.6 Å². The summed E-state index contributed by atoms with van der Waals surface area (Å²) in [7, 11) is 0. The lowest BCUT2D eigenvalue weighted by Gasteiger charge is -2.26. The maximum Gasteiger partial charge on any atom is 0.352 e. The van der Waals surface area contributed by atoms with Crippen LogP contribution < -0.4 is 10.1 Å². The fourth-order valence-corrected chi connectivity index (χ4v) is 1.51. The number of rotatable bonds is 5. The Morgan fingerprint density at radius 1 is 1.56 bits per heavy atom. The summed E-state index contributed by atoms with van der Waals surface area (Å²) in [5.41, 5.74) is 0.0877. The lowest BCUT2D eigenvalue weighted by molar-refractivity contribution is -0.387. The Morgan fingerprint density at radius 2 is 2.28 bits per heavy atom. The van der Waals surface area contributed by atoms with Crippen molar-refractivity contribution in [1.29, 1.82) is 0 Å². The Morgan fingerprint density at radius 3 is 2.78 bits per heavy atom. The SMILES string of the molecule is CCNc1nc(C)c([N+](=O)[O-])c(OC2COC2)n1. The van der Waals surface area contributed by atoms with Crippen molar-refractivity contribution in [3.63, 3.8) is 0 Å². The molecular weight excluding hydrogens is 240 g/mol. The molecule has 1 N–H and O–H groups in total. The minimum absolute atomic E-state index is 0.00301. The lowest BCUT2D eigenvalue weighted by atomic mass is 10.3. The number of nitrogens with one attached hydrogen (secondary N) is 1. The van der Waals surface area contributed by atoms with E-state index in [9.17, 15) is 10.1 Å². The standard InChI is InChI=1S/C10H14N4O4/c1-3-11-10-12-6(2)8(14(15)16)9(13-10)18-7-4-17-5-7/h7H,3-5H2,1-2H3,(H,11,12,13). The number of hydrogen-bond acceptors (Lipinski definition) is 7. The Kier molecular flexibility index (Phi) is 3.56. The molecule has 0 aromatic carbocycles. The third-order valence-electron chi connectivity index (χ3n) is 2.43. The van der Waals surface area contributed by atoms with Crippen molar-refractivity contribution < 1.29 is 14.4 Å². The molecule has 2 rings (SSSR count). The van der Waals surface area contributed by atoms with Gasteiger partial charge in [0.15, 0.2) is 0 Å². The Hall–Kier alpha value is -1.96. The molecule has 1 aromatic rings. The molecule has 0 radical (unpaired) electrons. The molecule has 0 amide bonds. The van der Waals surface area contributed by atoms with Crippen molar-refractivity contribution in [3.8, 4) is 5.88 Å². The zero-order valence-corrected chi connectivity index (χ0v) is 10.2. The second-order valence-corrected chi connectivity index (χ2v) is 3.85. The highest BCUT2D eigenvalue weighted by atomic mass is 16.6. The van der Waals surface area contributed by atoms with E-state index in [-0.39, 0.29) is 23.4 Å². The number of aryl methyl sites for hydroxylation is 1. The molecule has 98 valence electrons. The number of aromatic nitrogens is 2. The summed E-state index contributed by atoms with van der Waals surface area (Å²) in [6.07, 6.45) is -0.174. The van der Waals surface area contributed by atoms with Gasteiger partial charge in [0.25, 0.3) is 5.88 Å². The second kappa shape index (κ2) is 5.13. The zero-order valence-electron chi connectivity index (χ0n) is 10.2. The monoisotopic (exact) mass is 254 g/mol. The van der Waals surface area contributed by atoms with Crippen LogP contribution in [0, 0.1) is 17.0 Å². The van der Waals surface area contributed by atoms with Gasteiger partial charge in [-0.05, 0) is 13.8 Å². The van der Waals surface area contributed by atoms with E-state index in [1.165, 1.54) is 0 Å². The number of nitrogens with zero attached hydrogens (tertiary/aromatic N) is 3.